The van der Waals surface area contributed by atoms with Gasteiger partial charge in [-0.15, -0.1) is 0 Å². The standard InChI is InChI=1S/C15H20BrFO2/c16-12-7-11(8-13(17)10-12)9-14(18)4-5-15-3-1-2-6-19-15/h7-8,10,14-15,18H,1-6,9H2. The van der Waals surface area contributed by atoms with Crippen LogP contribution in [-0.2, 0) is 11.2 Å². The fourth-order valence-electron chi connectivity index (χ4n) is 2.52. The summed E-state index contributed by atoms with van der Waals surface area (Å²) in [5.41, 5.74) is 0.823. The van der Waals surface area contributed by atoms with Gasteiger partial charge in [0.05, 0.1) is 12.2 Å². The number of benzene rings is 1. The van der Waals surface area contributed by atoms with Crippen LogP contribution in [0.2, 0.25) is 0 Å². The van der Waals surface area contributed by atoms with Gasteiger partial charge in [-0.2, -0.15) is 0 Å². The Kier molecular flexibility index (Phi) is 5.79. The third-order valence-electron chi connectivity index (χ3n) is 3.49. The molecule has 0 radical (unpaired) electrons. The molecule has 1 aromatic carbocycles. The van der Waals surface area contributed by atoms with Gasteiger partial charge in [-0.1, -0.05) is 15.9 Å². The van der Waals surface area contributed by atoms with Gasteiger partial charge < -0.3 is 9.84 Å². The zero-order valence-corrected chi connectivity index (χ0v) is 12.5. The van der Waals surface area contributed by atoms with Crippen LogP contribution in [0.1, 0.15) is 37.7 Å². The Morgan fingerprint density at radius 1 is 1.37 bits per heavy atom. The molecule has 0 bridgehead atoms. The van der Waals surface area contributed by atoms with Gasteiger partial charge in [0.25, 0.3) is 0 Å². The van der Waals surface area contributed by atoms with Crippen molar-refractivity contribution in [2.45, 2.75) is 50.7 Å². The first-order valence-corrected chi connectivity index (χ1v) is 7.67. The van der Waals surface area contributed by atoms with E-state index in [4.69, 9.17) is 4.74 Å². The van der Waals surface area contributed by atoms with Crippen molar-refractivity contribution >= 4 is 15.9 Å². The Hall–Kier alpha value is -0.450. The second kappa shape index (κ2) is 7.36. The molecule has 2 atom stereocenters. The first-order chi connectivity index (χ1) is 9.13. The van der Waals surface area contributed by atoms with Gasteiger partial charge >= 0.3 is 0 Å². The fourth-order valence-corrected chi connectivity index (χ4v) is 3.03. The van der Waals surface area contributed by atoms with Crippen LogP contribution in [0.5, 0.6) is 0 Å². The molecule has 106 valence electrons. The minimum atomic E-state index is -0.431. The third kappa shape index (κ3) is 5.21. The molecule has 1 N–H and O–H groups in total. The molecule has 1 saturated heterocycles. The number of aliphatic hydroxyl groups excluding tert-OH is 1. The van der Waals surface area contributed by atoms with Crippen molar-refractivity contribution in [3.63, 3.8) is 0 Å². The summed E-state index contributed by atoms with van der Waals surface area (Å²) < 4.78 is 19.6. The van der Waals surface area contributed by atoms with Crippen molar-refractivity contribution in [2.24, 2.45) is 0 Å². The van der Waals surface area contributed by atoms with Crippen LogP contribution < -0.4 is 0 Å². The molecule has 19 heavy (non-hydrogen) atoms. The Labute approximate surface area is 122 Å². The van der Waals surface area contributed by atoms with E-state index >= 15 is 0 Å². The summed E-state index contributed by atoms with van der Waals surface area (Å²) in [7, 11) is 0. The molecular formula is C15H20BrFO2. The van der Waals surface area contributed by atoms with Gasteiger partial charge in [0.1, 0.15) is 5.82 Å². The van der Waals surface area contributed by atoms with E-state index in [0.717, 1.165) is 31.4 Å². The highest BCUT2D eigenvalue weighted by molar-refractivity contribution is 9.10. The van der Waals surface area contributed by atoms with Gasteiger partial charge in [0, 0.05) is 11.1 Å². The van der Waals surface area contributed by atoms with E-state index in [1.807, 2.05) is 6.07 Å². The number of ether oxygens (including phenoxy) is 1. The molecule has 0 aromatic heterocycles. The van der Waals surface area contributed by atoms with Gasteiger partial charge in [0.2, 0.25) is 0 Å². The van der Waals surface area contributed by atoms with Crippen molar-refractivity contribution in [3.8, 4) is 0 Å². The highest BCUT2D eigenvalue weighted by Crippen LogP contribution is 2.20. The highest BCUT2D eigenvalue weighted by Gasteiger charge is 2.16. The van der Waals surface area contributed by atoms with Crippen molar-refractivity contribution in [1.29, 1.82) is 0 Å². The Balaban J connectivity index is 1.78. The molecule has 0 spiro atoms. The van der Waals surface area contributed by atoms with Crippen molar-refractivity contribution in [1.82, 2.24) is 0 Å². The first kappa shape index (κ1) is 14.9. The van der Waals surface area contributed by atoms with E-state index in [1.165, 1.54) is 18.6 Å². The van der Waals surface area contributed by atoms with Crippen LogP contribution in [0.3, 0.4) is 0 Å². The number of aliphatic hydroxyl groups is 1. The molecule has 2 rings (SSSR count). The number of hydrogen-bond donors (Lipinski definition) is 1. The number of hydrogen-bond acceptors (Lipinski definition) is 2. The monoisotopic (exact) mass is 330 g/mol. The Bertz CT molecular complexity index is 385. The molecule has 1 aliphatic rings. The summed E-state index contributed by atoms with van der Waals surface area (Å²) in [5, 5.41) is 10.0. The zero-order chi connectivity index (χ0) is 13.7. The maximum Gasteiger partial charge on any atom is 0.124 e. The quantitative estimate of drug-likeness (QED) is 0.888. The molecule has 1 heterocycles. The minimum Gasteiger partial charge on any atom is -0.393 e. The molecule has 1 fully saturated rings. The fraction of sp³-hybridized carbons (Fsp3) is 0.600. The number of halogens is 2. The first-order valence-electron chi connectivity index (χ1n) is 6.88. The summed E-state index contributed by atoms with van der Waals surface area (Å²) >= 11 is 3.26. The lowest BCUT2D eigenvalue weighted by Gasteiger charge is -2.23. The Morgan fingerprint density at radius 3 is 2.89 bits per heavy atom. The largest absolute Gasteiger partial charge is 0.393 e. The van der Waals surface area contributed by atoms with E-state index in [0.29, 0.717) is 23.4 Å². The summed E-state index contributed by atoms with van der Waals surface area (Å²) in [6, 6.07) is 4.75. The average molecular weight is 331 g/mol. The SMILES string of the molecule is OC(CCC1CCCCO1)Cc1cc(F)cc(Br)c1. The van der Waals surface area contributed by atoms with Crippen molar-refractivity contribution < 1.29 is 14.2 Å². The van der Waals surface area contributed by atoms with E-state index in [9.17, 15) is 9.50 Å². The van der Waals surface area contributed by atoms with Crippen molar-refractivity contribution in [2.75, 3.05) is 6.61 Å². The zero-order valence-electron chi connectivity index (χ0n) is 10.9. The summed E-state index contributed by atoms with van der Waals surface area (Å²) in [6.07, 6.45) is 5.41. The van der Waals surface area contributed by atoms with E-state index in [2.05, 4.69) is 15.9 Å². The van der Waals surface area contributed by atoms with Crippen LogP contribution in [-0.4, -0.2) is 23.9 Å². The van der Waals surface area contributed by atoms with Crippen molar-refractivity contribution in [3.05, 3.63) is 34.1 Å². The molecule has 4 heteroatoms. The summed E-state index contributed by atoms with van der Waals surface area (Å²) in [4.78, 5) is 0. The molecule has 0 amide bonds. The lowest BCUT2D eigenvalue weighted by atomic mass is 9.99. The highest BCUT2D eigenvalue weighted by atomic mass is 79.9. The normalized spacial score (nSPS) is 21.3. The molecule has 0 aliphatic carbocycles. The van der Waals surface area contributed by atoms with E-state index in [1.54, 1.807) is 0 Å². The number of rotatable bonds is 5. The van der Waals surface area contributed by atoms with Crippen LogP contribution in [0.25, 0.3) is 0 Å². The molecule has 2 unspecified atom stereocenters. The average Bonchev–Trinajstić information content (AvgIpc) is 2.36. The predicted octanol–water partition coefficient (Wildman–Crippen LogP) is 3.84. The van der Waals surface area contributed by atoms with Gasteiger partial charge in [-0.25, -0.2) is 4.39 Å². The van der Waals surface area contributed by atoms with Gasteiger partial charge in [-0.3, -0.25) is 0 Å². The minimum absolute atomic E-state index is 0.271. The maximum absolute atomic E-state index is 13.2. The predicted molar refractivity (Wildman–Crippen MR) is 76.6 cm³/mol. The van der Waals surface area contributed by atoms with Gasteiger partial charge in [-0.05, 0) is 62.3 Å². The van der Waals surface area contributed by atoms with Crippen LogP contribution in [0.4, 0.5) is 4.39 Å². The smallest absolute Gasteiger partial charge is 0.124 e. The van der Waals surface area contributed by atoms with Crippen LogP contribution in [0, 0.1) is 5.82 Å². The van der Waals surface area contributed by atoms with E-state index < -0.39 is 6.10 Å². The lowest BCUT2D eigenvalue weighted by Crippen LogP contribution is -2.21. The Morgan fingerprint density at radius 2 is 2.21 bits per heavy atom. The van der Waals surface area contributed by atoms with Crippen LogP contribution >= 0.6 is 15.9 Å². The molecule has 1 aromatic rings. The molecule has 1 aliphatic heterocycles. The second-order valence-electron chi connectivity index (χ2n) is 5.20. The van der Waals surface area contributed by atoms with Gasteiger partial charge in [0.15, 0.2) is 0 Å². The lowest BCUT2D eigenvalue weighted by molar-refractivity contribution is 0.00234. The summed E-state index contributed by atoms with van der Waals surface area (Å²) in [6.45, 7) is 0.845. The summed E-state index contributed by atoms with van der Waals surface area (Å²) in [5.74, 6) is -0.271. The van der Waals surface area contributed by atoms with E-state index in [-0.39, 0.29) is 5.82 Å². The third-order valence-corrected chi connectivity index (χ3v) is 3.95. The molecule has 0 saturated carbocycles. The maximum atomic E-state index is 13.2. The second-order valence-corrected chi connectivity index (χ2v) is 6.12. The topological polar surface area (TPSA) is 29.5 Å². The molecule has 2 nitrogen and oxygen atoms in total. The molecular weight excluding hydrogens is 311 g/mol. The van der Waals surface area contributed by atoms with Crippen LogP contribution in [0.15, 0.2) is 22.7 Å².